The summed E-state index contributed by atoms with van der Waals surface area (Å²) in [5.74, 6) is 1.13. The van der Waals surface area contributed by atoms with Gasteiger partial charge >= 0.3 is 0 Å². The summed E-state index contributed by atoms with van der Waals surface area (Å²) in [5.41, 5.74) is 1.98. The Balaban J connectivity index is 1.49. The molecular weight excluding hydrogens is 445 g/mol. The topological polar surface area (TPSA) is 75.4 Å². The van der Waals surface area contributed by atoms with Crippen LogP contribution in [0.25, 0.3) is 4.96 Å². The number of fused-ring (bicyclic) bond motifs is 1. The van der Waals surface area contributed by atoms with Crippen molar-refractivity contribution in [3.05, 3.63) is 65.0 Å². The molecule has 33 heavy (non-hydrogen) atoms. The molecule has 0 bridgehead atoms. The van der Waals surface area contributed by atoms with Gasteiger partial charge in [-0.2, -0.15) is 9.61 Å². The molecule has 5 rings (SSSR count). The molecule has 1 fully saturated rings. The zero-order valence-corrected chi connectivity index (χ0v) is 19.1. The molecule has 1 saturated heterocycles. The van der Waals surface area contributed by atoms with E-state index < -0.39 is 0 Å². The number of halogens is 1. The Morgan fingerprint density at radius 2 is 1.73 bits per heavy atom. The van der Waals surface area contributed by atoms with E-state index in [4.69, 9.17) is 9.47 Å². The SMILES string of the molecule is COc1ccc([C@@H](c2sc3ncnn3c2O)N2CCN(c3ccc(F)cc3)CC2)cc1OC. The van der Waals surface area contributed by atoms with Crippen LogP contribution in [-0.2, 0) is 0 Å². The molecule has 4 aromatic rings. The second kappa shape index (κ2) is 8.87. The lowest BCUT2D eigenvalue weighted by atomic mass is 10.0. The minimum atomic E-state index is -0.238. The van der Waals surface area contributed by atoms with Gasteiger partial charge in [-0.25, -0.2) is 9.37 Å². The second-order valence-electron chi connectivity index (χ2n) is 7.76. The lowest BCUT2D eigenvalue weighted by Crippen LogP contribution is -2.47. The normalized spacial score (nSPS) is 15.7. The maximum atomic E-state index is 13.3. The molecule has 2 aromatic heterocycles. The summed E-state index contributed by atoms with van der Waals surface area (Å²) in [7, 11) is 3.22. The number of aromatic nitrogens is 3. The van der Waals surface area contributed by atoms with E-state index in [1.54, 1.807) is 14.2 Å². The molecule has 3 heterocycles. The fourth-order valence-corrected chi connectivity index (χ4v) is 5.40. The number of piperazine rings is 1. The van der Waals surface area contributed by atoms with Crippen molar-refractivity contribution in [2.75, 3.05) is 45.3 Å². The molecule has 1 aliphatic rings. The van der Waals surface area contributed by atoms with Gasteiger partial charge in [0.2, 0.25) is 10.8 Å². The van der Waals surface area contributed by atoms with Crippen LogP contribution in [0.3, 0.4) is 0 Å². The highest BCUT2D eigenvalue weighted by Gasteiger charge is 2.32. The molecule has 2 aromatic carbocycles. The molecule has 0 spiro atoms. The van der Waals surface area contributed by atoms with Crippen molar-refractivity contribution < 1.29 is 19.0 Å². The van der Waals surface area contributed by atoms with Crippen LogP contribution in [0.5, 0.6) is 17.4 Å². The number of anilines is 1. The Morgan fingerprint density at radius 3 is 2.39 bits per heavy atom. The maximum absolute atomic E-state index is 13.3. The number of thiazole rings is 1. The van der Waals surface area contributed by atoms with E-state index >= 15 is 0 Å². The highest BCUT2D eigenvalue weighted by Crippen LogP contribution is 2.42. The molecule has 0 radical (unpaired) electrons. The molecule has 1 N–H and O–H groups in total. The van der Waals surface area contributed by atoms with Crippen LogP contribution < -0.4 is 14.4 Å². The van der Waals surface area contributed by atoms with Crippen molar-refractivity contribution in [3.8, 4) is 17.4 Å². The number of hydrogen-bond donors (Lipinski definition) is 1. The van der Waals surface area contributed by atoms with Gasteiger partial charge in [-0.05, 0) is 42.0 Å². The predicted octanol–water partition coefficient (Wildman–Crippen LogP) is 3.56. The van der Waals surface area contributed by atoms with Crippen molar-refractivity contribution in [2.24, 2.45) is 0 Å². The first-order valence-corrected chi connectivity index (χ1v) is 11.4. The number of ether oxygens (including phenoxy) is 2. The van der Waals surface area contributed by atoms with Gasteiger partial charge in [0, 0.05) is 31.9 Å². The highest BCUT2D eigenvalue weighted by molar-refractivity contribution is 7.17. The molecule has 0 amide bonds. The summed E-state index contributed by atoms with van der Waals surface area (Å²) in [6.07, 6.45) is 1.43. The molecule has 1 aliphatic heterocycles. The summed E-state index contributed by atoms with van der Waals surface area (Å²) < 4.78 is 25.7. The van der Waals surface area contributed by atoms with Gasteiger partial charge in [0.25, 0.3) is 0 Å². The van der Waals surface area contributed by atoms with Gasteiger partial charge in [0.05, 0.1) is 25.1 Å². The van der Waals surface area contributed by atoms with Gasteiger partial charge in [-0.15, -0.1) is 0 Å². The summed E-state index contributed by atoms with van der Waals surface area (Å²) in [5, 5.41) is 15.1. The first kappa shape index (κ1) is 21.5. The average molecular weight is 470 g/mol. The van der Waals surface area contributed by atoms with E-state index in [9.17, 15) is 9.50 Å². The highest BCUT2D eigenvalue weighted by atomic mass is 32.1. The van der Waals surface area contributed by atoms with Crippen molar-refractivity contribution >= 4 is 22.0 Å². The monoisotopic (exact) mass is 469 g/mol. The predicted molar refractivity (Wildman–Crippen MR) is 124 cm³/mol. The van der Waals surface area contributed by atoms with E-state index in [0.29, 0.717) is 16.5 Å². The van der Waals surface area contributed by atoms with Gasteiger partial charge in [-0.3, -0.25) is 4.90 Å². The van der Waals surface area contributed by atoms with Crippen molar-refractivity contribution in [1.29, 1.82) is 0 Å². The Kier molecular flexibility index (Phi) is 5.77. The average Bonchev–Trinajstić information content (AvgIpc) is 3.43. The van der Waals surface area contributed by atoms with Crippen molar-refractivity contribution in [2.45, 2.75) is 6.04 Å². The lowest BCUT2D eigenvalue weighted by Gasteiger charge is -2.40. The second-order valence-corrected chi connectivity index (χ2v) is 8.77. The van der Waals surface area contributed by atoms with E-state index in [1.807, 2.05) is 30.3 Å². The van der Waals surface area contributed by atoms with Gasteiger partial charge in [0.1, 0.15) is 12.1 Å². The van der Waals surface area contributed by atoms with Crippen LogP contribution in [0.4, 0.5) is 10.1 Å². The van der Waals surface area contributed by atoms with Crippen LogP contribution in [0.2, 0.25) is 0 Å². The van der Waals surface area contributed by atoms with E-state index in [1.165, 1.54) is 34.3 Å². The fraction of sp³-hybridized carbons (Fsp3) is 0.304. The van der Waals surface area contributed by atoms with Gasteiger partial charge in [-0.1, -0.05) is 17.4 Å². The van der Waals surface area contributed by atoms with Crippen LogP contribution in [0.1, 0.15) is 16.5 Å². The van der Waals surface area contributed by atoms with Crippen molar-refractivity contribution in [1.82, 2.24) is 19.5 Å². The molecule has 0 unspecified atom stereocenters. The minimum Gasteiger partial charge on any atom is -0.493 e. The van der Waals surface area contributed by atoms with Crippen LogP contribution in [-0.4, -0.2) is 65.0 Å². The Labute approximate surface area is 194 Å². The fourth-order valence-electron chi connectivity index (χ4n) is 4.31. The zero-order chi connectivity index (χ0) is 22.9. The smallest absolute Gasteiger partial charge is 0.230 e. The minimum absolute atomic E-state index is 0.0910. The number of benzene rings is 2. The van der Waals surface area contributed by atoms with E-state index in [-0.39, 0.29) is 17.7 Å². The molecule has 10 heteroatoms. The van der Waals surface area contributed by atoms with Crippen LogP contribution in [0, 0.1) is 5.82 Å². The number of aromatic hydroxyl groups is 1. The number of hydrogen-bond acceptors (Lipinski definition) is 8. The molecule has 8 nitrogen and oxygen atoms in total. The first-order chi connectivity index (χ1) is 16.1. The summed E-state index contributed by atoms with van der Waals surface area (Å²) >= 11 is 1.42. The van der Waals surface area contributed by atoms with Gasteiger partial charge in [0.15, 0.2) is 11.5 Å². The van der Waals surface area contributed by atoms with E-state index in [0.717, 1.165) is 42.3 Å². The lowest BCUT2D eigenvalue weighted by molar-refractivity contribution is 0.210. The maximum Gasteiger partial charge on any atom is 0.230 e. The first-order valence-electron chi connectivity index (χ1n) is 10.6. The third-order valence-corrected chi connectivity index (χ3v) is 7.07. The quantitative estimate of drug-likeness (QED) is 0.463. The molecule has 1 atom stereocenters. The summed E-state index contributed by atoms with van der Waals surface area (Å²) in [6, 6.07) is 12.2. The molecule has 172 valence electrons. The zero-order valence-electron chi connectivity index (χ0n) is 18.3. The Bertz CT molecular complexity index is 1250. The molecule has 0 saturated carbocycles. The van der Waals surface area contributed by atoms with Gasteiger partial charge < -0.3 is 19.5 Å². The standard InChI is InChI=1S/C23H24FN5O3S/c1-31-18-8-3-15(13-19(18)32-2)20(21-22(30)29-23(33-21)25-14-26-29)28-11-9-27(10-12-28)17-6-4-16(24)5-7-17/h3-8,13-14,20,30H,9-12H2,1-2H3/t20-/m0/s1. The van der Waals surface area contributed by atoms with Crippen LogP contribution >= 0.6 is 11.3 Å². The van der Waals surface area contributed by atoms with E-state index in [2.05, 4.69) is 19.9 Å². The van der Waals surface area contributed by atoms with Crippen molar-refractivity contribution in [3.63, 3.8) is 0 Å². The third-order valence-electron chi connectivity index (χ3n) is 5.98. The largest absolute Gasteiger partial charge is 0.493 e. The Morgan fingerprint density at radius 1 is 1.00 bits per heavy atom. The molecular formula is C23H24FN5O3S. The van der Waals surface area contributed by atoms with Crippen LogP contribution in [0.15, 0.2) is 48.8 Å². The third kappa shape index (κ3) is 3.96. The summed E-state index contributed by atoms with van der Waals surface area (Å²) in [6.45, 7) is 3.06. The number of rotatable bonds is 6. The Hall–Kier alpha value is -3.37. The number of nitrogens with zero attached hydrogens (tertiary/aromatic N) is 5. The molecule has 0 aliphatic carbocycles. The number of methoxy groups -OCH3 is 2. The summed E-state index contributed by atoms with van der Waals surface area (Å²) in [4.78, 5) is 10.2.